The molecule has 1 atom stereocenters. The van der Waals surface area contributed by atoms with E-state index in [1.807, 2.05) is 19.1 Å². The van der Waals surface area contributed by atoms with E-state index in [0.29, 0.717) is 12.1 Å². The molecule has 0 aliphatic rings. The van der Waals surface area contributed by atoms with Gasteiger partial charge >= 0.3 is 5.97 Å². The topological polar surface area (TPSA) is 55.4 Å². The first kappa shape index (κ1) is 16.2. The fourth-order valence-corrected chi connectivity index (χ4v) is 1.71. The molecule has 0 spiro atoms. The van der Waals surface area contributed by atoms with Gasteiger partial charge in [0.1, 0.15) is 0 Å². The predicted octanol–water partition coefficient (Wildman–Crippen LogP) is 2.67. The maximum Gasteiger partial charge on any atom is 0.338 e. The van der Waals surface area contributed by atoms with Gasteiger partial charge < -0.3 is 10.1 Å². The molecule has 1 aromatic rings. The monoisotopic (exact) mass is 277 g/mol. The van der Waals surface area contributed by atoms with Crippen LogP contribution in [0.3, 0.4) is 0 Å². The zero-order valence-corrected chi connectivity index (χ0v) is 12.8. The van der Waals surface area contributed by atoms with Crippen LogP contribution in [0.4, 0.5) is 0 Å². The number of amides is 1. The molecule has 0 heterocycles. The molecule has 0 bridgehead atoms. The third kappa shape index (κ3) is 4.37. The molecule has 4 heteroatoms. The lowest BCUT2D eigenvalue weighted by atomic mass is 9.87. The molecule has 20 heavy (non-hydrogen) atoms. The van der Waals surface area contributed by atoms with Gasteiger partial charge in [0.05, 0.1) is 5.56 Å². The smallest absolute Gasteiger partial charge is 0.338 e. The van der Waals surface area contributed by atoms with Gasteiger partial charge in [0.15, 0.2) is 6.10 Å². The van der Waals surface area contributed by atoms with Crippen molar-refractivity contribution in [3.05, 3.63) is 35.4 Å². The number of carbonyl (C=O) groups excluding carboxylic acids is 2. The largest absolute Gasteiger partial charge is 0.449 e. The molecule has 0 fully saturated rings. The van der Waals surface area contributed by atoms with Gasteiger partial charge in [-0.05, 0) is 37.0 Å². The van der Waals surface area contributed by atoms with Gasteiger partial charge in [0, 0.05) is 6.54 Å². The molecule has 1 rings (SSSR count). The molecule has 0 radical (unpaired) electrons. The molecule has 1 aromatic carbocycles. The SMILES string of the molecule is CCNC(=O)[C@@H](C)OC(=O)c1ccc(C(C)(C)C)cc1. The minimum Gasteiger partial charge on any atom is -0.449 e. The summed E-state index contributed by atoms with van der Waals surface area (Å²) in [5.41, 5.74) is 1.64. The lowest BCUT2D eigenvalue weighted by molar-refractivity contribution is -0.128. The number of rotatable bonds is 4. The molecule has 0 saturated carbocycles. The van der Waals surface area contributed by atoms with E-state index in [9.17, 15) is 9.59 Å². The van der Waals surface area contributed by atoms with E-state index in [1.54, 1.807) is 19.1 Å². The summed E-state index contributed by atoms with van der Waals surface area (Å²) in [4.78, 5) is 23.4. The van der Waals surface area contributed by atoms with Crippen molar-refractivity contribution in [2.75, 3.05) is 6.54 Å². The molecule has 1 N–H and O–H groups in total. The van der Waals surface area contributed by atoms with E-state index < -0.39 is 12.1 Å². The Hall–Kier alpha value is -1.84. The Morgan fingerprint density at radius 1 is 1.20 bits per heavy atom. The summed E-state index contributed by atoms with van der Waals surface area (Å²) in [6.45, 7) is 10.2. The van der Waals surface area contributed by atoms with E-state index in [0.717, 1.165) is 5.56 Å². The highest BCUT2D eigenvalue weighted by Crippen LogP contribution is 2.22. The maximum atomic E-state index is 11.9. The van der Waals surface area contributed by atoms with E-state index in [-0.39, 0.29) is 11.3 Å². The fraction of sp³-hybridized carbons (Fsp3) is 0.500. The minimum absolute atomic E-state index is 0.0384. The number of carbonyl (C=O) groups is 2. The summed E-state index contributed by atoms with van der Waals surface area (Å²) in [5.74, 6) is -0.767. The number of likely N-dealkylation sites (N-methyl/N-ethyl adjacent to an activating group) is 1. The van der Waals surface area contributed by atoms with Crippen LogP contribution >= 0.6 is 0 Å². The molecule has 0 aliphatic carbocycles. The van der Waals surface area contributed by atoms with Crippen molar-refractivity contribution in [3.63, 3.8) is 0 Å². The number of esters is 1. The second-order valence-corrected chi connectivity index (χ2v) is 5.77. The Balaban J connectivity index is 2.71. The minimum atomic E-state index is -0.787. The van der Waals surface area contributed by atoms with Crippen molar-refractivity contribution in [2.24, 2.45) is 0 Å². The molecule has 0 unspecified atom stereocenters. The van der Waals surface area contributed by atoms with Gasteiger partial charge in [-0.25, -0.2) is 4.79 Å². The van der Waals surface area contributed by atoms with Crippen LogP contribution in [0.2, 0.25) is 0 Å². The van der Waals surface area contributed by atoms with Crippen LogP contribution in [0.15, 0.2) is 24.3 Å². The highest BCUT2D eigenvalue weighted by molar-refractivity contribution is 5.92. The first-order valence-corrected chi connectivity index (χ1v) is 6.85. The van der Waals surface area contributed by atoms with Gasteiger partial charge in [-0.2, -0.15) is 0 Å². The summed E-state index contributed by atoms with van der Waals surface area (Å²) >= 11 is 0. The average molecular weight is 277 g/mol. The van der Waals surface area contributed by atoms with Crippen molar-refractivity contribution >= 4 is 11.9 Å². The lowest BCUT2D eigenvalue weighted by Crippen LogP contribution is -2.35. The van der Waals surface area contributed by atoms with Crippen LogP contribution in [-0.2, 0) is 14.9 Å². The molecular formula is C16H23NO3. The quantitative estimate of drug-likeness (QED) is 0.861. The van der Waals surface area contributed by atoms with Crippen LogP contribution in [0.1, 0.15) is 50.5 Å². The number of hydrogen-bond acceptors (Lipinski definition) is 3. The number of hydrogen-bond donors (Lipinski definition) is 1. The fourth-order valence-electron chi connectivity index (χ4n) is 1.71. The maximum absolute atomic E-state index is 11.9. The second kappa shape index (κ2) is 6.55. The molecule has 0 saturated heterocycles. The second-order valence-electron chi connectivity index (χ2n) is 5.77. The highest BCUT2D eigenvalue weighted by Gasteiger charge is 2.19. The summed E-state index contributed by atoms with van der Waals surface area (Å²) in [7, 11) is 0. The summed E-state index contributed by atoms with van der Waals surface area (Å²) < 4.78 is 5.13. The third-order valence-corrected chi connectivity index (χ3v) is 2.99. The normalized spacial score (nSPS) is 12.7. The van der Waals surface area contributed by atoms with Crippen LogP contribution in [0.25, 0.3) is 0 Å². The average Bonchev–Trinajstić information content (AvgIpc) is 2.38. The molecule has 1 amide bonds. The Morgan fingerprint density at radius 3 is 2.20 bits per heavy atom. The Labute approximate surface area is 120 Å². The summed E-state index contributed by atoms with van der Waals surface area (Å²) in [5, 5.41) is 2.61. The molecule has 0 aromatic heterocycles. The lowest BCUT2D eigenvalue weighted by Gasteiger charge is -2.19. The van der Waals surface area contributed by atoms with Crippen molar-refractivity contribution in [1.29, 1.82) is 0 Å². The zero-order chi connectivity index (χ0) is 15.3. The standard InChI is InChI=1S/C16H23NO3/c1-6-17-14(18)11(2)20-15(19)12-7-9-13(10-8-12)16(3,4)5/h7-11H,6H2,1-5H3,(H,17,18)/t11-/m1/s1. The van der Waals surface area contributed by atoms with Gasteiger partial charge in [-0.15, -0.1) is 0 Å². The van der Waals surface area contributed by atoms with E-state index in [2.05, 4.69) is 26.1 Å². The molecule has 4 nitrogen and oxygen atoms in total. The molecular weight excluding hydrogens is 254 g/mol. The van der Waals surface area contributed by atoms with E-state index in [4.69, 9.17) is 4.74 Å². The first-order chi connectivity index (χ1) is 9.25. The number of nitrogens with one attached hydrogen (secondary N) is 1. The van der Waals surface area contributed by atoms with Crippen LogP contribution in [-0.4, -0.2) is 24.5 Å². The van der Waals surface area contributed by atoms with Crippen molar-refractivity contribution in [1.82, 2.24) is 5.32 Å². The van der Waals surface area contributed by atoms with Gasteiger partial charge in [-0.3, -0.25) is 4.79 Å². The van der Waals surface area contributed by atoms with Crippen molar-refractivity contribution in [2.45, 2.75) is 46.1 Å². The van der Waals surface area contributed by atoms with Crippen LogP contribution < -0.4 is 5.32 Å². The van der Waals surface area contributed by atoms with Gasteiger partial charge in [0.25, 0.3) is 5.91 Å². The van der Waals surface area contributed by atoms with E-state index >= 15 is 0 Å². The Kier molecular flexibility index (Phi) is 5.31. The zero-order valence-electron chi connectivity index (χ0n) is 12.8. The summed E-state index contributed by atoms with van der Waals surface area (Å²) in [6.07, 6.45) is -0.787. The number of benzene rings is 1. The van der Waals surface area contributed by atoms with Crippen molar-refractivity contribution in [3.8, 4) is 0 Å². The van der Waals surface area contributed by atoms with E-state index in [1.165, 1.54) is 0 Å². The van der Waals surface area contributed by atoms with Gasteiger partial charge in [-0.1, -0.05) is 32.9 Å². The van der Waals surface area contributed by atoms with Gasteiger partial charge in [0.2, 0.25) is 0 Å². The number of ether oxygens (including phenoxy) is 1. The summed E-state index contributed by atoms with van der Waals surface area (Å²) in [6, 6.07) is 7.28. The third-order valence-electron chi connectivity index (χ3n) is 2.99. The van der Waals surface area contributed by atoms with Crippen LogP contribution in [0, 0.1) is 0 Å². The first-order valence-electron chi connectivity index (χ1n) is 6.85. The molecule has 0 aliphatic heterocycles. The Morgan fingerprint density at radius 2 is 1.75 bits per heavy atom. The highest BCUT2D eigenvalue weighted by atomic mass is 16.5. The Bertz CT molecular complexity index is 471. The van der Waals surface area contributed by atoms with Crippen LogP contribution in [0.5, 0.6) is 0 Å². The molecule has 110 valence electrons. The predicted molar refractivity (Wildman–Crippen MR) is 78.7 cm³/mol. The van der Waals surface area contributed by atoms with Crippen molar-refractivity contribution < 1.29 is 14.3 Å².